The first-order chi connectivity index (χ1) is 11.6. The van der Waals surface area contributed by atoms with E-state index in [-0.39, 0.29) is 0 Å². The van der Waals surface area contributed by atoms with E-state index >= 15 is 0 Å². The van der Waals surface area contributed by atoms with Crippen LogP contribution in [0.1, 0.15) is 52.2 Å². The molecule has 0 spiro atoms. The minimum Gasteiger partial charge on any atom is -0.507 e. The van der Waals surface area contributed by atoms with E-state index in [4.69, 9.17) is 9.84 Å². The lowest BCUT2D eigenvalue weighted by molar-refractivity contribution is 0.268. The summed E-state index contributed by atoms with van der Waals surface area (Å²) < 4.78 is 5.34. The van der Waals surface area contributed by atoms with Crippen molar-refractivity contribution in [2.75, 3.05) is 13.7 Å². The minimum absolute atomic E-state index is 0.331. The SMILES string of the molecule is CC(C)C.CC(C)CCO.COc1c(C)ccc2c(O)c(C)ccc12. The van der Waals surface area contributed by atoms with Crippen molar-refractivity contribution >= 4 is 10.8 Å². The first kappa shape index (κ1) is 23.3. The van der Waals surface area contributed by atoms with Crippen LogP contribution in [0.2, 0.25) is 0 Å². The number of aryl methyl sites for hydroxylation is 2. The van der Waals surface area contributed by atoms with Crippen molar-refractivity contribution in [2.24, 2.45) is 11.8 Å². The van der Waals surface area contributed by atoms with Gasteiger partial charge in [0, 0.05) is 17.4 Å². The van der Waals surface area contributed by atoms with Crippen LogP contribution in [-0.4, -0.2) is 23.9 Å². The Morgan fingerprint density at radius 2 is 1.36 bits per heavy atom. The Bertz CT molecular complexity index is 628. The van der Waals surface area contributed by atoms with Crippen LogP contribution in [0.25, 0.3) is 10.8 Å². The number of ether oxygens (including phenoxy) is 1. The number of aliphatic hydroxyl groups is 1. The predicted octanol–water partition coefficient (Wildman–Crippen LogP) is 5.86. The van der Waals surface area contributed by atoms with Gasteiger partial charge in [-0.3, -0.25) is 0 Å². The minimum atomic E-state index is 0.331. The van der Waals surface area contributed by atoms with E-state index in [1.54, 1.807) is 7.11 Å². The molecule has 0 aliphatic heterocycles. The molecule has 0 aromatic heterocycles. The highest BCUT2D eigenvalue weighted by molar-refractivity contribution is 5.94. The number of aromatic hydroxyl groups is 1. The first-order valence-corrected chi connectivity index (χ1v) is 9.02. The number of phenolic OH excluding ortho intramolecular Hbond substituents is 1. The van der Waals surface area contributed by atoms with Gasteiger partial charge < -0.3 is 14.9 Å². The standard InChI is InChI=1S/C13H14O2.C5H12O.C4H10/c1-8-4-7-11-10(12(8)14)6-5-9(2)13(11)15-3;1-5(2)3-4-6;1-4(2)3/h4-7,14H,1-3H3;5-6H,3-4H2,1-2H3;4H,1-3H3. The summed E-state index contributed by atoms with van der Waals surface area (Å²) in [6.07, 6.45) is 0.931. The number of rotatable bonds is 3. The molecule has 2 aromatic rings. The van der Waals surface area contributed by atoms with E-state index < -0.39 is 0 Å². The predicted molar refractivity (Wildman–Crippen MR) is 109 cm³/mol. The van der Waals surface area contributed by atoms with Crippen molar-refractivity contribution in [1.82, 2.24) is 0 Å². The lowest BCUT2D eigenvalue weighted by Gasteiger charge is -2.10. The zero-order chi connectivity index (χ0) is 19.6. The molecule has 0 saturated carbocycles. The molecule has 0 amide bonds. The second-order valence-electron chi connectivity index (χ2n) is 7.38. The Morgan fingerprint density at radius 3 is 1.76 bits per heavy atom. The number of methoxy groups -OCH3 is 1. The molecule has 0 saturated heterocycles. The molecule has 142 valence electrons. The van der Waals surface area contributed by atoms with Crippen molar-refractivity contribution in [3.63, 3.8) is 0 Å². The summed E-state index contributed by atoms with van der Waals surface area (Å²) in [7, 11) is 1.65. The van der Waals surface area contributed by atoms with Crippen molar-refractivity contribution in [2.45, 2.75) is 54.9 Å². The van der Waals surface area contributed by atoms with Gasteiger partial charge in [0.25, 0.3) is 0 Å². The summed E-state index contributed by atoms with van der Waals surface area (Å²) in [6.45, 7) is 14.9. The van der Waals surface area contributed by atoms with Gasteiger partial charge in [0.05, 0.1) is 7.11 Å². The Labute approximate surface area is 153 Å². The summed E-state index contributed by atoms with van der Waals surface area (Å²) in [6, 6.07) is 7.77. The fraction of sp³-hybridized carbons (Fsp3) is 0.545. The molecule has 0 fully saturated rings. The molecule has 0 aliphatic rings. The topological polar surface area (TPSA) is 49.7 Å². The number of phenols is 1. The van der Waals surface area contributed by atoms with Gasteiger partial charge in [0.15, 0.2) is 0 Å². The Morgan fingerprint density at radius 1 is 0.880 bits per heavy atom. The number of hydrogen-bond donors (Lipinski definition) is 2. The highest BCUT2D eigenvalue weighted by atomic mass is 16.5. The zero-order valence-electron chi connectivity index (χ0n) is 17.2. The van der Waals surface area contributed by atoms with Crippen LogP contribution in [0, 0.1) is 25.7 Å². The maximum atomic E-state index is 9.91. The second-order valence-corrected chi connectivity index (χ2v) is 7.38. The maximum Gasteiger partial charge on any atom is 0.129 e. The third kappa shape index (κ3) is 8.26. The lowest BCUT2D eigenvalue weighted by Crippen LogP contribution is -1.89. The molecular formula is C22H36O3. The van der Waals surface area contributed by atoms with Crippen molar-refractivity contribution in [3.8, 4) is 11.5 Å². The number of fused-ring (bicyclic) bond motifs is 1. The quantitative estimate of drug-likeness (QED) is 0.730. The molecule has 0 radical (unpaired) electrons. The van der Waals surface area contributed by atoms with Gasteiger partial charge in [-0.1, -0.05) is 58.9 Å². The normalized spacial score (nSPS) is 10.2. The monoisotopic (exact) mass is 348 g/mol. The molecule has 0 unspecified atom stereocenters. The van der Waals surface area contributed by atoms with E-state index in [0.717, 1.165) is 40.0 Å². The van der Waals surface area contributed by atoms with Crippen LogP contribution in [0.4, 0.5) is 0 Å². The highest BCUT2D eigenvalue weighted by Crippen LogP contribution is 2.35. The van der Waals surface area contributed by atoms with Gasteiger partial charge in [0.1, 0.15) is 11.5 Å². The van der Waals surface area contributed by atoms with Crippen LogP contribution in [0.15, 0.2) is 24.3 Å². The number of benzene rings is 2. The average molecular weight is 349 g/mol. The molecule has 0 aliphatic carbocycles. The average Bonchev–Trinajstić information content (AvgIpc) is 2.51. The smallest absolute Gasteiger partial charge is 0.129 e. The van der Waals surface area contributed by atoms with Gasteiger partial charge >= 0.3 is 0 Å². The molecular weight excluding hydrogens is 312 g/mol. The Kier molecular flexibility index (Phi) is 10.9. The molecule has 3 nitrogen and oxygen atoms in total. The van der Waals surface area contributed by atoms with Crippen molar-refractivity contribution in [1.29, 1.82) is 0 Å². The van der Waals surface area contributed by atoms with Gasteiger partial charge in [-0.25, -0.2) is 0 Å². The number of hydrogen-bond acceptors (Lipinski definition) is 3. The number of aliphatic hydroxyl groups excluding tert-OH is 1. The second kappa shape index (κ2) is 11.8. The molecule has 25 heavy (non-hydrogen) atoms. The van der Waals surface area contributed by atoms with Gasteiger partial charge in [0.2, 0.25) is 0 Å². The summed E-state index contributed by atoms with van der Waals surface area (Å²) >= 11 is 0. The molecule has 2 rings (SSSR count). The van der Waals surface area contributed by atoms with E-state index in [2.05, 4.69) is 34.6 Å². The molecule has 0 atom stereocenters. The van der Waals surface area contributed by atoms with Crippen molar-refractivity contribution < 1.29 is 14.9 Å². The van der Waals surface area contributed by atoms with Gasteiger partial charge in [-0.15, -0.1) is 0 Å². The highest BCUT2D eigenvalue weighted by Gasteiger charge is 2.09. The largest absolute Gasteiger partial charge is 0.507 e. The Hall–Kier alpha value is -1.74. The van der Waals surface area contributed by atoms with E-state index in [1.807, 2.05) is 38.1 Å². The van der Waals surface area contributed by atoms with E-state index in [9.17, 15) is 5.11 Å². The van der Waals surface area contributed by atoms with Crippen LogP contribution in [0.5, 0.6) is 11.5 Å². The van der Waals surface area contributed by atoms with Crippen LogP contribution >= 0.6 is 0 Å². The molecule has 2 N–H and O–H groups in total. The van der Waals surface area contributed by atoms with Crippen molar-refractivity contribution in [3.05, 3.63) is 35.4 Å². The molecule has 2 aromatic carbocycles. The first-order valence-electron chi connectivity index (χ1n) is 9.02. The van der Waals surface area contributed by atoms with Crippen LogP contribution in [0.3, 0.4) is 0 Å². The summed E-state index contributed by atoms with van der Waals surface area (Å²) in [5.74, 6) is 2.66. The van der Waals surface area contributed by atoms with Crippen LogP contribution in [-0.2, 0) is 0 Å². The third-order valence-corrected chi connectivity index (χ3v) is 3.43. The molecule has 0 bridgehead atoms. The summed E-state index contributed by atoms with van der Waals surface area (Å²) in [4.78, 5) is 0. The van der Waals surface area contributed by atoms with E-state index in [0.29, 0.717) is 18.3 Å². The Balaban J connectivity index is 0.000000481. The zero-order valence-corrected chi connectivity index (χ0v) is 17.2. The lowest BCUT2D eigenvalue weighted by atomic mass is 10.0. The third-order valence-electron chi connectivity index (χ3n) is 3.43. The fourth-order valence-electron chi connectivity index (χ4n) is 2.11. The van der Waals surface area contributed by atoms with Gasteiger partial charge in [-0.2, -0.15) is 0 Å². The summed E-state index contributed by atoms with van der Waals surface area (Å²) in [5, 5.41) is 20.0. The van der Waals surface area contributed by atoms with Crippen LogP contribution < -0.4 is 4.74 Å². The molecule has 0 heterocycles. The molecule has 3 heteroatoms. The summed E-state index contributed by atoms with van der Waals surface area (Å²) in [5.41, 5.74) is 1.96. The van der Waals surface area contributed by atoms with Gasteiger partial charge in [-0.05, 0) is 43.2 Å². The maximum absolute atomic E-state index is 9.91. The van der Waals surface area contributed by atoms with E-state index in [1.165, 1.54) is 0 Å². The fourth-order valence-corrected chi connectivity index (χ4v) is 2.11.